The molecular formula is C15H15ClN2O2S. The summed E-state index contributed by atoms with van der Waals surface area (Å²) in [7, 11) is 0. The van der Waals surface area contributed by atoms with Crippen molar-refractivity contribution in [3.63, 3.8) is 0 Å². The van der Waals surface area contributed by atoms with E-state index in [1.54, 1.807) is 24.3 Å². The number of hydrogen-bond acceptors (Lipinski definition) is 4. The lowest BCUT2D eigenvalue weighted by Crippen LogP contribution is -2.11. The summed E-state index contributed by atoms with van der Waals surface area (Å²) in [5, 5.41) is 1.00. The molecule has 110 valence electrons. The van der Waals surface area contributed by atoms with Crippen molar-refractivity contribution in [3.8, 4) is 0 Å². The first-order valence-corrected chi connectivity index (χ1v) is 7.96. The van der Waals surface area contributed by atoms with Crippen LogP contribution >= 0.6 is 23.4 Å². The summed E-state index contributed by atoms with van der Waals surface area (Å²) in [6.07, 6.45) is 1.67. The predicted molar refractivity (Wildman–Crippen MR) is 85.4 cm³/mol. The van der Waals surface area contributed by atoms with E-state index in [9.17, 15) is 9.59 Å². The van der Waals surface area contributed by atoms with Gasteiger partial charge in [0.2, 0.25) is 0 Å². The summed E-state index contributed by atoms with van der Waals surface area (Å²) in [5.41, 5.74) is 1.12. The molecule has 0 saturated heterocycles. The molecule has 1 aromatic carbocycles. The number of nitrogens with zero attached hydrogens (tertiary/aromatic N) is 1. The van der Waals surface area contributed by atoms with E-state index in [0.29, 0.717) is 15.7 Å². The molecule has 2 aromatic rings. The Bertz CT molecular complexity index is 700. The van der Waals surface area contributed by atoms with E-state index >= 15 is 0 Å². The largest absolute Gasteiger partial charge is 0.301 e. The van der Waals surface area contributed by atoms with Gasteiger partial charge in [-0.1, -0.05) is 48.8 Å². The van der Waals surface area contributed by atoms with Crippen molar-refractivity contribution in [3.05, 3.63) is 57.0 Å². The van der Waals surface area contributed by atoms with Crippen LogP contribution in [0.5, 0.6) is 0 Å². The Kier molecular flexibility index (Phi) is 5.59. The molecule has 0 atom stereocenters. The molecule has 0 saturated carbocycles. The van der Waals surface area contributed by atoms with E-state index in [1.807, 2.05) is 6.92 Å². The topological polar surface area (TPSA) is 62.8 Å². The zero-order valence-electron chi connectivity index (χ0n) is 11.6. The minimum Gasteiger partial charge on any atom is -0.301 e. The second kappa shape index (κ2) is 7.43. The summed E-state index contributed by atoms with van der Waals surface area (Å²) in [6.45, 7) is 2.03. The van der Waals surface area contributed by atoms with Gasteiger partial charge < -0.3 is 4.98 Å². The Hall–Kier alpha value is -1.59. The molecule has 0 bridgehead atoms. The number of thioether (sulfide) groups is 1. The third-order valence-electron chi connectivity index (χ3n) is 2.77. The number of benzene rings is 1. The number of Topliss-reactive ketones (excluding diaryl/α,β-unsaturated/α-hetero) is 1. The number of halogens is 1. The zero-order chi connectivity index (χ0) is 15.2. The molecular weight excluding hydrogens is 308 g/mol. The molecule has 0 unspecified atom stereocenters. The molecule has 0 amide bonds. The van der Waals surface area contributed by atoms with E-state index in [2.05, 4.69) is 9.97 Å². The summed E-state index contributed by atoms with van der Waals surface area (Å²) >= 11 is 7.09. The van der Waals surface area contributed by atoms with Crippen LogP contribution in [0.25, 0.3) is 0 Å². The maximum Gasteiger partial charge on any atom is 0.251 e. The molecule has 0 spiro atoms. The normalized spacial score (nSPS) is 10.6. The molecule has 0 radical (unpaired) electrons. The molecule has 4 nitrogen and oxygen atoms in total. The molecule has 0 fully saturated rings. The number of carbonyl (C=O) groups is 1. The van der Waals surface area contributed by atoms with Crippen LogP contribution in [0.2, 0.25) is 5.02 Å². The van der Waals surface area contributed by atoms with Gasteiger partial charge in [-0.25, -0.2) is 4.98 Å². The molecule has 0 aliphatic carbocycles. The molecule has 2 rings (SSSR count). The predicted octanol–water partition coefficient (Wildman–Crippen LogP) is 3.35. The van der Waals surface area contributed by atoms with E-state index in [4.69, 9.17) is 11.6 Å². The van der Waals surface area contributed by atoms with Crippen LogP contribution in [0.4, 0.5) is 0 Å². The number of aromatic amines is 1. The van der Waals surface area contributed by atoms with Crippen LogP contribution in [0.1, 0.15) is 29.4 Å². The lowest BCUT2D eigenvalue weighted by atomic mass is 10.1. The monoisotopic (exact) mass is 322 g/mol. The van der Waals surface area contributed by atoms with E-state index in [1.165, 1.54) is 17.8 Å². The van der Waals surface area contributed by atoms with Gasteiger partial charge in [0.15, 0.2) is 10.9 Å². The Morgan fingerprint density at radius 1 is 1.38 bits per heavy atom. The first-order valence-electron chi connectivity index (χ1n) is 6.60. The van der Waals surface area contributed by atoms with Crippen molar-refractivity contribution in [1.29, 1.82) is 0 Å². The molecule has 1 N–H and O–H groups in total. The Morgan fingerprint density at radius 3 is 2.90 bits per heavy atom. The quantitative estimate of drug-likeness (QED) is 0.503. The number of aromatic nitrogens is 2. The Labute approximate surface area is 132 Å². The lowest BCUT2D eigenvalue weighted by Gasteiger charge is -2.03. The SMILES string of the molecule is CCCc1cc(=O)[nH]c(SCC(=O)c2cccc(Cl)c2)n1. The summed E-state index contributed by atoms with van der Waals surface area (Å²) in [4.78, 5) is 30.6. The maximum absolute atomic E-state index is 12.1. The summed E-state index contributed by atoms with van der Waals surface area (Å²) < 4.78 is 0. The summed E-state index contributed by atoms with van der Waals surface area (Å²) in [5.74, 6) is 0.157. The van der Waals surface area contributed by atoms with Gasteiger partial charge in [-0.15, -0.1) is 0 Å². The summed E-state index contributed by atoms with van der Waals surface area (Å²) in [6, 6.07) is 8.31. The van der Waals surface area contributed by atoms with Gasteiger partial charge in [-0.05, 0) is 18.6 Å². The number of carbonyl (C=O) groups excluding carboxylic acids is 1. The second-order valence-electron chi connectivity index (χ2n) is 4.51. The van der Waals surface area contributed by atoms with Gasteiger partial charge in [0.1, 0.15) is 0 Å². The molecule has 6 heteroatoms. The van der Waals surface area contributed by atoms with Crippen LogP contribution in [-0.2, 0) is 6.42 Å². The smallest absolute Gasteiger partial charge is 0.251 e. The number of hydrogen-bond donors (Lipinski definition) is 1. The highest BCUT2D eigenvalue weighted by molar-refractivity contribution is 7.99. The second-order valence-corrected chi connectivity index (χ2v) is 5.91. The van der Waals surface area contributed by atoms with E-state index in [0.717, 1.165) is 18.5 Å². The first kappa shape index (κ1) is 15.8. The fourth-order valence-corrected chi connectivity index (χ4v) is 2.79. The minimum atomic E-state index is -0.189. The van der Waals surface area contributed by atoms with Gasteiger partial charge in [0.05, 0.1) is 5.75 Å². The molecule has 1 aromatic heterocycles. The zero-order valence-corrected chi connectivity index (χ0v) is 13.1. The van der Waals surface area contributed by atoms with Crippen molar-refractivity contribution in [2.45, 2.75) is 24.9 Å². The fourth-order valence-electron chi connectivity index (χ4n) is 1.82. The molecule has 21 heavy (non-hydrogen) atoms. The standard InChI is InChI=1S/C15H15ClN2O2S/c1-2-4-12-8-14(20)18-15(17-12)21-9-13(19)10-5-3-6-11(16)7-10/h3,5-8H,2,4,9H2,1H3,(H,17,18,20). The highest BCUT2D eigenvalue weighted by Crippen LogP contribution is 2.16. The van der Waals surface area contributed by atoms with Crippen LogP contribution < -0.4 is 5.56 Å². The van der Waals surface area contributed by atoms with Crippen LogP contribution in [0, 0.1) is 0 Å². The van der Waals surface area contributed by atoms with Gasteiger partial charge in [0, 0.05) is 22.3 Å². The average molecular weight is 323 g/mol. The van der Waals surface area contributed by atoms with Crippen molar-refractivity contribution in [2.75, 3.05) is 5.75 Å². The van der Waals surface area contributed by atoms with Crippen molar-refractivity contribution in [2.24, 2.45) is 0 Å². The molecule has 0 aliphatic rings. The maximum atomic E-state index is 12.1. The van der Waals surface area contributed by atoms with Gasteiger partial charge >= 0.3 is 0 Å². The van der Waals surface area contributed by atoms with Crippen LogP contribution in [0.15, 0.2) is 40.3 Å². The van der Waals surface area contributed by atoms with E-state index in [-0.39, 0.29) is 17.1 Å². The van der Waals surface area contributed by atoms with E-state index < -0.39 is 0 Å². The lowest BCUT2D eigenvalue weighted by molar-refractivity contribution is 0.102. The first-order chi connectivity index (χ1) is 10.1. The van der Waals surface area contributed by atoms with Crippen LogP contribution in [0.3, 0.4) is 0 Å². The van der Waals surface area contributed by atoms with Crippen molar-refractivity contribution in [1.82, 2.24) is 9.97 Å². The third-order valence-corrected chi connectivity index (χ3v) is 3.87. The Morgan fingerprint density at radius 2 is 2.19 bits per heavy atom. The number of H-pyrrole nitrogens is 1. The number of rotatable bonds is 6. The number of ketones is 1. The highest BCUT2D eigenvalue weighted by atomic mass is 35.5. The van der Waals surface area contributed by atoms with Crippen molar-refractivity contribution >= 4 is 29.1 Å². The van der Waals surface area contributed by atoms with Crippen molar-refractivity contribution < 1.29 is 4.79 Å². The molecule has 1 heterocycles. The van der Waals surface area contributed by atoms with Gasteiger partial charge in [-0.2, -0.15) is 0 Å². The number of aryl methyl sites for hydroxylation is 1. The fraction of sp³-hybridized carbons (Fsp3) is 0.267. The Balaban J connectivity index is 2.06. The third kappa shape index (κ3) is 4.72. The van der Waals surface area contributed by atoms with Gasteiger partial charge in [0.25, 0.3) is 5.56 Å². The highest BCUT2D eigenvalue weighted by Gasteiger charge is 2.09. The van der Waals surface area contributed by atoms with Gasteiger partial charge in [-0.3, -0.25) is 9.59 Å². The van der Waals surface area contributed by atoms with Crippen LogP contribution in [-0.4, -0.2) is 21.5 Å². The average Bonchev–Trinajstić information content (AvgIpc) is 2.44. The molecule has 0 aliphatic heterocycles. The number of nitrogens with one attached hydrogen (secondary N) is 1. The minimum absolute atomic E-state index is 0.0500.